The van der Waals surface area contributed by atoms with Crippen molar-refractivity contribution in [1.82, 2.24) is 15.5 Å². The molecule has 1 unspecified atom stereocenters. The summed E-state index contributed by atoms with van der Waals surface area (Å²) in [7, 11) is 0. The molecule has 3 rings (SSSR count). The van der Waals surface area contributed by atoms with Gasteiger partial charge in [-0.2, -0.15) is 5.10 Å². The van der Waals surface area contributed by atoms with Gasteiger partial charge in [0.2, 0.25) is 0 Å². The largest absolute Gasteiger partial charge is 0.306 e. The van der Waals surface area contributed by atoms with Crippen LogP contribution in [0.2, 0.25) is 0 Å². The lowest BCUT2D eigenvalue weighted by molar-refractivity contribution is 0.574. The third-order valence-electron chi connectivity index (χ3n) is 3.81. The third-order valence-corrected chi connectivity index (χ3v) is 3.81. The second-order valence-electron chi connectivity index (χ2n) is 5.23. The van der Waals surface area contributed by atoms with Gasteiger partial charge in [-0.15, -0.1) is 0 Å². The van der Waals surface area contributed by atoms with Crippen LogP contribution in [0.25, 0.3) is 10.8 Å². The van der Waals surface area contributed by atoms with E-state index in [2.05, 4.69) is 64.9 Å². The molecule has 0 spiro atoms. The highest BCUT2D eigenvalue weighted by molar-refractivity contribution is 5.83. The van der Waals surface area contributed by atoms with Crippen LogP contribution in [0.3, 0.4) is 0 Å². The van der Waals surface area contributed by atoms with Crippen molar-refractivity contribution in [1.29, 1.82) is 0 Å². The van der Waals surface area contributed by atoms with E-state index in [1.807, 2.05) is 13.1 Å². The normalized spacial score (nSPS) is 12.7. The Morgan fingerprint density at radius 2 is 1.95 bits per heavy atom. The first kappa shape index (κ1) is 12.9. The molecular weight excluding hydrogens is 246 g/mol. The number of fused-ring (bicyclic) bond motifs is 1. The van der Waals surface area contributed by atoms with Gasteiger partial charge in [-0.3, -0.25) is 5.10 Å². The van der Waals surface area contributed by atoms with Crippen LogP contribution in [-0.4, -0.2) is 10.2 Å². The minimum atomic E-state index is 0.314. The second-order valence-corrected chi connectivity index (χ2v) is 5.23. The molecule has 2 N–H and O–H groups in total. The van der Waals surface area contributed by atoms with E-state index in [0.29, 0.717) is 6.04 Å². The van der Waals surface area contributed by atoms with Crippen LogP contribution in [-0.2, 0) is 6.54 Å². The Labute approximate surface area is 119 Å². The van der Waals surface area contributed by atoms with Crippen LogP contribution in [0.4, 0.5) is 0 Å². The van der Waals surface area contributed by atoms with E-state index in [4.69, 9.17) is 0 Å². The molecule has 0 aliphatic rings. The van der Waals surface area contributed by atoms with Crippen LogP contribution in [0.15, 0.2) is 48.7 Å². The number of hydrogen-bond donors (Lipinski definition) is 2. The molecule has 0 fully saturated rings. The van der Waals surface area contributed by atoms with Crippen LogP contribution in [0.1, 0.15) is 29.8 Å². The molecule has 0 amide bonds. The van der Waals surface area contributed by atoms with Crippen molar-refractivity contribution in [2.75, 3.05) is 0 Å². The van der Waals surface area contributed by atoms with E-state index < -0.39 is 0 Å². The zero-order valence-electron chi connectivity index (χ0n) is 11.9. The molecule has 3 aromatic rings. The lowest BCUT2D eigenvalue weighted by atomic mass is 10.0. The molecule has 3 nitrogen and oxygen atoms in total. The molecule has 1 aromatic heterocycles. The quantitative estimate of drug-likeness (QED) is 0.754. The molecule has 0 aliphatic carbocycles. The Bertz CT molecular complexity index is 715. The van der Waals surface area contributed by atoms with Gasteiger partial charge in [0.1, 0.15) is 0 Å². The maximum Gasteiger partial charge on any atom is 0.0535 e. The van der Waals surface area contributed by atoms with Gasteiger partial charge < -0.3 is 5.32 Å². The minimum absolute atomic E-state index is 0.314. The van der Waals surface area contributed by atoms with Gasteiger partial charge in [-0.25, -0.2) is 0 Å². The van der Waals surface area contributed by atoms with E-state index in [-0.39, 0.29) is 0 Å². The Morgan fingerprint density at radius 1 is 1.15 bits per heavy atom. The summed E-state index contributed by atoms with van der Waals surface area (Å²) < 4.78 is 0. The number of aryl methyl sites for hydroxylation is 1. The number of rotatable bonds is 4. The summed E-state index contributed by atoms with van der Waals surface area (Å²) in [5.41, 5.74) is 3.66. The average molecular weight is 265 g/mol. The van der Waals surface area contributed by atoms with Gasteiger partial charge in [0.15, 0.2) is 0 Å². The number of H-pyrrole nitrogens is 1. The maximum absolute atomic E-state index is 4.05. The third kappa shape index (κ3) is 2.58. The number of nitrogens with one attached hydrogen (secondary N) is 2. The summed E-state index contributed by atoms with van der Waals surface area (Å²) in [4.78, 5) is 0. The van der Waals surface area contributed by atoms with Crippen LogP contribution in [0.5, 0.6) is 0 Å². The van der Waals surface area contributed by atoms with Gasteiger partial charge >= 0.3 is 0 Å². The molecule has 2 aromatic carbocycles. The van der Waals surface area contributed by atoms with Crippen molar-refractivity contribution in [3.05, 3.63) is 65.5 Å². The number of hydrogen-bond acceptors (Lipinski definition) is 2. The molecule has 0 bridgehead atoms. The first-order chi connectivity index (χ1) is 9.74. The number of benzene rings is 2. The molecule has 102 valence electrons. The number of aromatic amines is 1. The summed E-state index contributed by atoms with van der Waals surface area (Å²) in [6.45, 7) is 5.07. The summed E-state index contributed by atoms with van der Waals surface area (Å²) in [6, 6.07) is 15.4. The molecule has 20 heavy (non-hydrogen) atoms. The monoisotopic (exact) mass is 265 g/mol. The molecule has 1 heterocycles. The van der Waals surface area contributed by atoms with E-state index in [0.717, 1.165) is 12.2 Å². The molecule has 0 saturated heterocycles. The summed E-state index contributed by atoms with van der Waals surface area (Å²) in [6.07, 6.45) is 1.88. The maximum atomic E-state index is 4.05. The fourth-order valence-electron chi connectivity index (χ4n) is 2.41. The highest BCUT2D eigenvalue weighted by Gasteiger charge is 2.07. The molecule has 0 saturated carbocycles. The predicted molar refractivity (Wildman–Crippen MR) is 82.5 cm³/mol. The van der Waals surface area contributed by atoms with Crippen LogP contribution >= 0.6 is 0 Å². The molecular formula is C17H19N3. The number of nitrogens with zero attached hydrogens (tertiary/aromatic N) is 1. The van der Waals surface area contributed by atoms with E-state index >= 15 is 0 Å². The summed E-state index contributed by atoms with van der Waals surface area (Å²) in [5.74, 6) is 0. The Hall–Kier alpha value is -2.13. The average Bonchev–Trinajstić information content (AvgIpc) is 2.89. The molecule has 0 aliphatic heterocycles. The Morgan fingerprint density at radius 3 is 2.70 bits per heavy atom. The first-order valence-electron chi connectivity index (χ1n) is 6.95. The van der Waals surface area contributed by atoms with Crippen molar-refractivity contribution in [3.8, 4) is 0 Å². The Kier molecular flexibility index (Phi) is 3.52. The lowest BCUT2D eigenvalue weighted by Gasteiger charge is -2.14. The van der Waals surface area contributed by atoms with Crippen molar-refractivity contribution in [2.24, 2.45) is 0 Å². The minimum Gasteiger partial charge on any atom is -0.306 e. The fraction of sp³-hybridized carbons (Fsp3) is 0.235. The van der Waals surface area contributed by atoms with Gasteiger partial charge in [0.05, 0.1) is 6.20 Å². The number of aromatic nitrogens is 2. The van der Waals surface area contributed by atoms with Gasteiger partial charge in [-0.1, -0.05) is 36.4 Å². The van der Waals surface area contributed by atoms with Crippen molar-refractivity contribution in [3.63, 3.8) is 0 Å². The highest BCUT2D eigenvalue weighted by Crippen LogP contribution is 2.20. The topological polar surface area (TPSA) is 40.7 Å². The zero-order chi connectivity index (χ0) is 13.9. The first-order valence-corrected chi connectivity index (χ1v) is 6.95. The van der Waals surface area contributed by atoms with E-state index in [1.165, 1.54) is 21.9 Å². The van der Waals surface area contributed by atoms with Gasteiger partial charge in [0.25, 0.3) is 0 Å². The highest BCUT2D eigenvalue weighted by atomic mass is 15.1. The van der Waals surface area contributed by atoms with Crippen molar-refractivity contribution < 1.29 is 0 Å². The SMILES string of the molecule is Cc1[nH]ncc1CNC(C)c1ccc2ccccc2c1. The van der Waals surface area contributed by atoms with Crippen molar-refractivity contribution in [2.45, 2.75) is 26.4 Å². The lowest BCUT2D eigenvalue weighted by Crippen LogP contribution is -2.18. The smallest absolute Gasteiger partial charge is 0.0535 e. The molecule has 3 heteroatoms. The van der Waals surface area contributed by atoms with E-state index in [1.54, 1.807) is 0 Å². The van der Waals surface area contributed by atoms with Crippen LogP contribution in [0, 0.1) is 6.92 Å². The summed E-state index contributed by atoms with van der Waals surface area (Å²) >= 11 is 0. The van der Waals surface area contributed by atoms with Crippen molar-refractivity contribution >= 4 is 10.8 Å². The van der Waals surface area contributed by atoms with E-state index in [9.17, 15) is 0 Å². The second kappa shape index (κ2) is 5.47. The predicted octanol–water partition coefficient (Wildman–Crippen LogP) is 3.72. The molecule has 0 radical (unpaired) electrons. The van der Waals surface area contributed by atoms with Gasteiger partial charge in [0, 0.05) is 23.8 Å². The van der Waals surface area contributed by atoms with Crippen LogP contribution < -0.4 is 5.32 Å². The summed E-state index contributed by atoms with van der Waals surface area (Å²) in [5, 5.41) is 13.1. The molecule has 1 atom stereocenters. The fourth-order valence-corrected chi connectivity index (χ4v) is 2.41. The standard InChI is InChI=1S/C17H19N3/c1-12(18-10-17-11-19-20-13(17)2)15-8-7-14-5-3-4-6-16(14)9-15/h3-9,11-12,18H,10H2,1-2H3,(H,19,20). The van der Waals surface area contributed by atoms with Gasteiger partial charge in [-0.05, 0) is 36.2 Å². The Balaban J connectivity index is 1.75. The zero-order valence-corrected chi connectivity index (χ0v) is 11.9.